The number of aliphatic hydroxyl groups is 1. The van der Waals surface area contributed by atoms with Gasteiger partial charge in [-0.05, 0) is 48.2 Å². The van der Waals surface area contributed by atoms with Crippen molar-refractivity contribution in [2.45, 2.75) is 38.8 Å². The Morgan fingerprint density at radius 2 is 1.70 bits per heavy atom. The lowest BCUT2D eigenvalue weighted by Crippen LogP contribution is -2.47. The average Bonchev–Trinajstić information content (AvgIpc) is 2.99. The third kappa shape index (κ3) is 4.94. The van der Waals surface area contributed by atoms with Gasteiger partial charge in [0.15, 0.2) is 9.84 Å². The first-order valence-electron chi connectivity index (χ1n) is 10.1. The number of para-hydroxylation sites is 1. The van der Waals surface area contributed by atoms with Crippen LogP contribution in [0, 0.1) is 0 Å². The SMILES string of the molecule is CCc1cccc(CC)c1NC(=O)CN(c1ccc(N)cc1)C1CS(=O)(=O)CC1O. The zero-order valence-corrected chi connectivity index (χ0v) is 18.2. The van der Waals surface area contributed by atoms with Crippen LogP contribution < -0.4 is 16.0 Å². The Bertz CT molecular complexity index is 983. The van der Waals surface area contributed by atoms with Crippen LogP contribution in [-0.2, 0) is 27.5 Å². The van der Waals surface area contributed by atoms with Crippen LogP contribution in [0.3, 0.4) is 0 Å². The molecule has 30 heavy (non-hydrogen) atoms. The Kier molecular flexibility index (Phi) is 6.67. The highest BCUT2D eigenvalue weighted by molar-refractivity contribution is 7.91. The van der Waals surface area contributed by atoms with E-state index in [2.05, 4.69) is 5.32 Å². The van der Waals surface area contributed by atoms with Gasteiger partial charge in [-0.1, -0.05) is 32.0 Å². The molecule has 0 saturated carbocycles. The summed E-state index contributed by atoms with van der Waals surface area (Å²) in [6, 6.07) is 12.1. The summed E-state index contributed by atoms with van der Waals surface area (Å²) >= 11 is 0. The third-order valence-electron chi connectivity index (χ3n) is 5.50. The quantitative estimate of drug-likeness (QED) is 0.578. The molecule has 2 atom stereocenters. The molecular formula is C22H29N3O4S. The van der Waals surface area contributed by atoms with Crippen LogP contribution in [0.4, 0.5) is 17.1 Å². The number of carbonyl (C=O) groups is 1. The summed E-state index contributed by atoms with van der Waals surface area (Å²) in [7, 11) is -3.37. The van der Waals surface area contributed by atoms with E-state index in [1.54, 1.807) is 29.2 Å². The number of anilines is 3. The number of nitrogens with two attached hydrogens (primary N) is 1. The average molecular weight is 432 g/mol. The van der Waals surface area contributed by atoms with Crippen LogP contribution in [0.25, 0.3) is 0 Å². The Morgan fingerprint density at radius 1 is 1.10 bits per heavy atom. The third-order valence-corrected chi connectivity index (χ3v) is 7.19. The fourth-order valence-corrected chi connectivity index (χ4v) is 5.71. The second-order valence-corrected chi connectivity index (χ2v) is 9.79. The van der Waals surface area contributed by atoms with E-state index in [4.69, 9.17) is 5.73 Å². The lowest BCUT2D eigenvalue weighted by Gasteiger charge is -2.32. The minimum atomic E-state index is -3.37. The number of aryl methyl sites for hydroxylation is 2. The molecule has 7 nitrogen and oxygen atoms in total. The van der Waals surface area contributed by atoms with Gasteiger partial charge < -0.3 is 21.1 Å². The molecule has 1 aliphatic rings. The number of benzene rings is 2. The van der Waals surface area contributed by atoms with Crippen molar-refractivity contribution in [1.82, 2.24) is 0 Å². The lowest BCUT2D eigenvalue weighted by atomic mass is 10.0. The van der Waals surface area contributed by atoms with Crippen molar-refractivity contribution >= 4 is 32.8 Å². The first-order valence-corrected chi connectivity index (χ1v) is 12.0. The molecule has 0 bridgehead atoms. The van der Waals surface area contributed by atoms with E-state index in [1.165, 1.54) is 0 Å². The molecule has 0 aromatic heterocycles. The smallest absolute Gasteiger partial charge is 0.243 e. The summed E-state index contributed by atoms with van der Waals surface area (Å²) in [4.78, 5) is 14.7. The van der Waals surface area contributed by atoms with E-state index < -0.39 is 22.0 Å². The van der Waals surface area contributed by atoms with Gasteiger partial charge in [0.25, 0.3) is 0 Å². The number of aliphatic hydroxyl groups excluding tert-OH is 1. The number of nitrogens with zero attached hydrogens (tertiary/aromatic N) is 1. The Hall–Kier alpha value is -2.58. The largest absolute Gasteiger partial charge is 0.399 e. The van der Waals surface area contributed by atoms with E-state index in [-0.39, 0.29) is 24.0 Å². The number of hydrogen-bond donors (Lipinski definition) is 3. The van der Waals surface area contributed by atoms with Crippen molar-refractivity contribution in [3.63, 3.8) is 0 Å². The molecule has 0 aliphatic carbocycles. The molecule has 2 aromatic rings. The van der Waals surface area contributed by atoms with Crippen LogP contribution in [0.15, 0.2) is 42.5 Å². The van der Waals surface area contributed by atoms with Crippen molar-refractivity contribution in [2.24, 2.45) is 0 Å². The molecule has 1 amide bonds. The number of carbonyl (C=O) groups excluding carboxylic acids is 1. The van der Waals surface area contributed by atoms with Gasteiger partial charge in [0, 0.05) is 17.1 Å². The summed E-state index contributed by atoms with van der Waals surface area (Å²) in [6.45, 7) is 3.98. The van der Waals surface area contributed by atoms with Gasteiger partial charge in [-0.2, -0.15) is 0 Å². The van der Waals surface area contributed by atoms with E-state index in [0.29, 0.717) is 11.4 Å². The maximum absolute atomic E-state index is 13.0. The van der Waals surface area contributed by atoms with E-state index in [9.17, 15) is 18.3 Å². The lowest BCUT2D eigenvalue weighted by molar-refractivity contribution is -0.115. The molecule has 4 N–H and O–H groups in total. The van der Waals surface area contributed by atoms with Gasteiger partial charge in [0.2, 0.25) is 5.91 Å². The summed E-state index contributed by atoms with van der Waals surface area (Å²) in [5.74, 6) is -0.764. The molecule has 8 heteroatoms. The fourth-order valence-electron chi connectivity index (χ4n) is 3.91. The molecule has 1 saturated heterocycles. The normalized spacial score (nSPS) is 20.1. The predicted octanol–water partition coefficient (Wildman–Crippen LogP) is 2.00. The van der Waals surface area contributed by atoms with Crippen LogP contribution in [0.1, 0.15) is 25.0 Å². The molecule has 0 radical (unpaired) electrons. The van der Waals surface area contributed by atoms with E-state index >= 15 is 0 Å². The van der Waals surface area contributed by atoms with Gasteiger partial charge in [0.05, 0.1) is 30.2 Å². The maximum Gasteiger partial charge on any atom is 0.243 e. The molecule has 162 valence electrons. The van der Waals surface area contributed by atoms with Gasteiger partial charge in [-0.15, -0.1) is 0 Å². The minimum absolute atomic E-state index is 0.0810. The molecule has 0 spiro atoms. The second kappa shape index (κ2) is 9.06. The van der Waals surface area contributed by atoms with Gasteiger partial charge in [0.1, 0.15) is 0 Å². The summed E-state index contributed by atoms with van der Waals surface area (Å²) < 4.78 is 24.2. The second-order valence-electron chi connectivity index (χ2n) is 7.64. The topological polar surface area (TPSA) is 113 Å². The molecular weight excluding hydrogens is 402 g/mol. The summed E-state index contributed by atoms with van der Waals surface area (Å²) in [6.07, 6.45) is 0.504. The van der Waals surface area contributed by atoms with Crippen molar-refractivity contribution in [1.29, 1.82) is 0 Å². The molecule has 2 unspecified atom stereocenters. The summed E-state index contributed by atoms with van der Waals surface area (Å²) in [5, 5.41) is 13.4. The fraction of sp³-hybridized carbons (Fsp3) is 0.409. The molecule has 1 fully saturated rings. The predicted molar refractivity (Wildman–Crippen MR) is 120 cm³/mol. The Morgan fingerprint density at radius 3 is 2.20 bits per heavy atom. The number of amides is 1. The van der Waals surface area contributed by atoms with Crippen LogP contribution in [-0.4, -0.2) is 49.6 Å². The van der Waals surface area contributed by atoms with Crippen molar-refractivity contribution < 1.29 is 18.3 Å². The van der Waals surface area contributed by atoms with Gasteiger partial charge in [-0.3, -0.25) is 4.79 Å². The van der Waals surface area contributed by atoms with Crippen LogP contribution in [0.5, 0.6) is 0 Å². The minimum Gasteiger partial charge on any atom is -0.399 e. The van der Waals surface area contributed by atoms with Crippen LogP contribution >= 0.6 is 0 Å². The molecule has 2 aromatic carbocycles. The highest BCUT2D eigenvalue weighted by atomic mass is 32.2. The zero-order valence-electron chi connectivity index (χ0n) is 17.3. The summed E-state index contributed by atoms with van der Waals surface area (Å²) in [5.41, 5.74) is 9.88. The number of hydrogen-bond acceptors (Lipinski definition) is 6. The van der Waals surface area contributed by atoms with Crippen LogP contribution in [0.2, 0.25) is 0 Å². The monoisotopic (exact) mass is 431 g/mol. The van der Waals surface area contributed by atoms with Gasteiger partial charge >= 0.3 is 0 Å². The number of nitrogens with one attached hydrogen (secondary N) is 1. The van der Waals surface area contributed by atoms with Crippen molar-refractivity contribution in [3.8, 4) is 0 Å². The first kappa shape index (κ1) is 22.1. The Labute approximate surface area is 177 Å². The van der Waals surface area contributed by atoms with E-state index in [0.717, 1.165) is 29.7 Å². The van der Waals surface area contributed by atoms with Gasteiger partial charge in [-0.25, -0.2) is 8.42 Å². The van der Waals surface area contributed by atoms with Crippen molar-refractivity contribution in [2.75, 3.05) is 34.0 Å². The molecule has 1 aliphatic heterocycles. The number of sulfone groups is 1. The number of rotatable bonds is 7. The standard InChI is InChI=1S/C22H29N3O4S/c1-3-15-6-5-7-16(4-2)22(15)24-21(27)12-25(18-10-8-17(23)9-11-18)19-13-30(28,29)14-20(19)26/h5-11,19-20,26H,3-4,12-14,23H2,1-2H3,(H,24,27). The van der Waals surface area contributed by atoms with E-state index in [1.807, 2.05) is 32.0 Å². The zero-order chi connectivity index (χ0) is 21.9. The molecule has 1 heterocycles. The first-order chi connectivity index (χ1) is 14.2. The number of nitrogen functional groups attached to an aromatic ring is 1. The highest BCUT2D eigenvalue weighted by Gasteiger charge is 2.40. The van der Waals surface area contributed by atoms with Crippen molar-refractivity contribution in [3.05, 3.63) is 53.6 Å². The Balaban J connectivity index is 1.89. The maximum atomic E-state index is 13.0. The highest BCUT2D eigenvalue weighted by Crippen LogP contribution is 2.27. The molecule has 3 rings (SSSR count).